The van der Waals surface area contributed by atoms with Crippen molar-refractivity contribution >= 4 is 28.4 Å². The van der Waals surface area contributed by atoms with Gasteiger partial charge in [0.15, 0.2) is 5.82 Å². The monoisotopic (exact) mass is 329 g/mol. The molecule has 122 valence electrons. The Morgan fingerprint density at radius 3 is 2.76 bits per heavy atom. The summed E-state index contributed by atoms with van der Waals surface area (Å²) in [5.74, 6) is 1.05. The van der Waals surface area contributed by atoms with Crippen LogP contribution in [0.15, 0.2) is 67.3 Å². The van der Waals surface area contributed by atoms with Crippen LogP contribution in [0, 0.1) is 0 Å². The van der Waals surface area contributed by atoms with E-state index in [1.54, 1.807) is 18.6 Å². The van der Waals surface area contributed by atoms with Crippen LogP contribution in [0.2, 0.25) is 0 Å². The zero-order valence-electron chi connectivity index (χ0n) is 13.3. The van der Waals surface area contributed by atoms with E-state index in [-0.39, 0.29) is 0 Å². The van der Waals surface area contributed by atoms with Crippen LogP contribution < -0.4 is 10.6 Å². The lowest BCUT2D eigenvalue weighted by atomic mass is 10.2. The average Bonchev–Trinajstić information content (AvgIpc) is 2.68. The SMILES string of the molecule is c1cncc(CNc2cnnc(Nc3cccc4cccnc34)n2)c1. The number of fused-ring (bicyclic) bond motifs is 1. The van der Waals surface area contributed by atoms with E-state index < -0.39 is 0 Å². The van der Waals surface area contributed by atoms with E-state index >= 15 is 0 Å². The van der Waals surface area contributed by atoms with Gasteiger partial charge in [0.25, 0.3) is 0 Å². The van der Waals surface area contributed by atoms with Crippen molar-refractivity contribution in [2.45, 2.75) is 6.54 Å². The molecule has 3 aromatic heterocycles. The molecule has 2 N–H and O–H groups in total. The highest BCUT2D eigenvalue weighted by molar-refractivity contribution is 5.91. The van der Waals surface area contributed by atoms with E-state index in [1.165, 1.54) is 0 Å². The molecule has 0 saturated heterocycles. The maximum Gasteiger partial charge on any atom is 0.249 e. The second-order valence-electron chi connectivity index (χ2n) is 5.39. The molecule has 0 atom stereocenters. The summed E-state index contributed by atoms with van der Waals surface area (Å²) in [4.78, 5) is 13.0. The molecule has 4 aromatic rings. The molecule has 0 fully saturated rings. The minimum Gasteiger partial charge on any atom is -0.364 e. The maximum atomic E-state index is 4.45. The molecule has 7 heteroatoms. The van der Waals surface area contributed by atoms with Crippen molar-refractivity contribution in [3.63, 3.8) is 0 Å². The zero-order valence-corrected chi connectivity index (χ0v) is 13.3. The van der Waals surface area contributed by atoms with E-state index in [1.807, 2.05) is 48.7 Å². The van der Waals surface area contributed by atoms with Crippen molar-refractivity contribution in [3.8, 4) is 0 Å². The van der Waals surface area contributed by atoms with Crippen LogP contribution in [0.1, 0.15) is 5.56 Å². The third-order valence-electron chi connectivity index (χ3n) is 3.63. The first kappa shape index (κ1) is 14.9. The molecule has 0 aliphatic rings. The molecule has 0 spiro atoms. The Balaban J connectivity index is 1.53. The first-order chi connectivity index (χ1) is 12.4. The number of anilines is 3. The fourth-order valence-electron chi connectivity index (χ4n) is 2.46. The Morgan fingerprint density at radius 2 is 1.84 bits per heavy atom. The number of nitrogens with zero attached hydrogens (tertiary/aromatic N) is 5. The highest BCUT2D eigenvalue weighted by Crippen LogP contribution is 2.23. The molecule has 0 amide bonds. The predicted octanol–water partition coefficient (Wildman–Crippen LogP) is 3.17. The van der Waals surface area contributed by atoms with Gasteiger partial charge in [-0.25, -0.2) is 0 Å². The van der Waals surface area contributed by atoms with Gasteiger partial charge in [0.2, 0.25) is 5.95 Å². The molecule has 4 rings (SSSR count). The van der Waals surface area contributed by atoms with Crippen molar-refractivity contribution < 1.29 is 0 Å². The smallest absolute Gasteiger partial charge is 0.249 e. The Hall–Kier alpha value is -3.61. The minimum absolute atomic E-state index is 0.411. The number of rotatable bonds is 5. The standard InChI is InChI=1S/C18H15N7/c1-5-14-6-3-9-20-17(14)15(7-1)23-18-24-16(12-22-25-18)21-11-13-4-2-8-19-10-13/h1-10,12H,11H2,(H2,21,23,24,25). The fourth-order valence-corrected chi connectivity index (χ4v) is 2.46. The highest BCUT2D eigenvalue weighted by atomic mass is 15.3. The summed E-state index contributed by atoms with van der Waals surface area (Å²) >= 11 is 0. The fraction of sp³-hybridized carbons (Fsp3) is 0.0556. The van der Waals surface area contributed by atoms with Gasteiger partial charge in [0, 0.05) is 30.5 Å². The van der Waals surface area contributed by atoms with Crippen LogP contribution in [0.25, 0.3) is 10.9 Å². The molecule has 0 unspecified atom stereocenters. The second-order valence-corrected chi connectivity index (χ2v) is 5.39. The van der Waals surface area contributed by atoms with Gasteiger partial charge in [-0.2, -0.15) is 10.1 Å². The minimum atomic E-state index is 0.411. The number of aromatic nitrogens is 5. The van der Waals surface area contributed by atoms with Crippen molar-refractivity contribution in [1.29, 1.82) is 0 Å². The van der Waals surface area contributed by atoms with Crippen LogP contribution in [0.4, 0.5) is 17.5 Å². The molecular weight excluding hydrogens is 314 g/mol. The Labute approximate surface area is 144 Å². The molecule has 3 heterocycles. The molecule has 0 saturated carbocycles. The molecule has 0 aliphatic carbocycles. The quantitative estimate of drug-likeness (QED) is 0.581. The number of hydrogen-bond acceptors (Lipinski definition) is 7. The van der Waals surface area contributed by atoms with Gasteiger partial charge in [0.1, 0.15) is 0 Å². The van der Waals surface area contributed by atoms with Gasteiger partial charge >= 0.3 is 0 Å². The van der Waals surface area contributed by atoms with Gasteiger partial charge in [0.05, 0.1) is 17.4 Å². The molecule has 7 nitrogen and oxygen atoms in total. The number of benzene rings is 1. The summed E-state index contributed by atoms with van der Waals surface area (Å²) in [5, 5.41) is 15.5. The van der Waals surface area contributed by atoms with Crippen LogP contribution >= 0.6 is 0 Å². The summed E-state index contributed by atoms with van der Waals surface area (Å²) in [6.07, 6.45) is 6.90. The summed E-state index contributed by atoms with van der Waals surface area (Å²) in [6.45, 7) is 0.613. The first-order valence-electron chi connectivity index (χ1n) is 7.82. The second kappa shape index (κ2) is 6.88. The summed E-state index contributed by atoms with van der Waals surface area (Å²) in [5.41, 5.74) is 2.76. The number of pyridine rings is 2. The Kier molecular flexibility index (Phi) is 4.11. The van der Waals surface area contributed by atoms with E-state index in [0.29, 0.717) is 18.3 Å². The first-order valence-corrected chi connectivity index (χ1v) is 7.82. The van der Waals surface area contributed by atoms with Crippen LogP contribution in [0.5, 0.6) is 0 Å². The summed E-state index contributed by atoms with van der Waals surface area (Å²) in [7, 11) is 0. The van der Waals surface area contributed by atoms with E-state index in [2.05, 4.69) is 35.8 Å². The third kappa shape index (κ3) is 3.50. The Bertz CT molecular complexity index is 983. The Morgan fingerprint density at radius 1 is 0.920 bits per heavy atom. The average molecular weight is 329 g/mol. The highest BCUT2D eigenvalue weighted by Gasteiger charge is 2.05. The van der Waals surface area contributed by atoms with Crippen LogP contribution in [-0.2, 0) is 6.54 Å². The van der Waals surface area contributed by atoms with Gasteiger partial charge in [-0.15, -0.1) is 5.10 Å². The maximum absolute atomic E-state index is 4.45. The van der Waals surface area contributed by atoms with Crippen molar-refractivity contribution in [2.24, 2.45) is 0 Å². The summed E-state index contributed by atoms with van der Waals surface area (Å²) in [6, 6.07) is 13.7. The number of hydrogen-bond donors (Lipinski definition) is 2. The molecule has 0 bridgehead atoms. The van der Waals surface area contributed by atoms with Crippen LogP contribution in [0.3, 0.4) is 0 Å². The zero-order chi connectivity index (χ0) is 16.9. The van der Waals surface area contributed by atoms with Crippen molar-refractivity contribution in [3.05, 3.63) is 72.8 Å². The van der Waals surface area contributed by atoms with E-state index in [4.69, 9.17) is 0 Å². The van der Waals surface area contributed by atoms with Gasteiger partial charge < -0.3 is 10.6 Å². The van der Waals surface area contributed by atoms with Crippen molar-refractivity contribution in [2.75, 3.05) is 10.6 Å². The van der Waals surface area contributed by atoms with Crippen LogP contribution in [-0.4, -0.2) is 25.1 Å². The topological polar surface area (TPSA) is 88.5 Å². The normalized spacial score (nSPS) is 10.6. The predicted molar refractivity (Wildman–Crippen MR) is 96.4 cm³/mol. The third-order valence-corrected chi connectivity index (χ3v) is 3.63. The van der Waals surface area contributed by atoms with Gasteiger partial charge in [-0.1, -0.05) is 24.3 Å². The largest absolute Gasteiger partial charge is 0.364 e. The van der Waals surface area contributed by atoms with Crippen molar-refractivity contribution in [1.82, 2.24) is 25.1 Å². The number of para-hydroxylation sites is 1. The van der Waals surface area contributed by atoms with Gasteiger partial charge in [-0.3, -0.25) is 9.97 Å². The lowest BCUT2D eigenvalue weighted by molar-refractivity contribution is 0.964. The van der Waals surface area contributed by atoms with Gasteiger partial charge in [-0.05, 0) is 23.8 Å². The summed E-state index contributed by atoms with van der Waals surface area (Å²) < 4.78 is 0. The van der Waals surface area contributed by atoms with E-state index in [0.717, 1.165) is 22.2 Å². The molecule has 1 aromatic carbocycles. The molecule has 0 aliphatic heterocycles. The lowest BCUT2D eigenvalue weighted by Crippen LogP contribution is -2.06. The lowest BCUT2D eigenvalue weighted by Gasteiger charge is -2.09. The molecule has 0 radical (unpaired) electrons. The molecular formula is C18H15N7. The van der Waals surface area contributed by atoms with E-state index in [9.17, 15) is 0 Å². The molecule has 25 heavy (non-hydrogen) atoms. The number of nitrogens with one attached hydrogen (secondary N) is 2.